The van der Waals surface area contributed by atoms with Crippen LogP contribution in [-0.2, 0) is 5.33 Å². The Hall–Kier alpha value is 0.0800. The fourth-order valence-corrected chi connectivity index (χ4v) is 1.72. The Labute approximate surface area is 83.1 Å². The zero-order valence-electron chi connectivity index (χ0n) is 5.44. The average molecular weight is 256 g/mol. The lowest BCUT2D eigenvalue weighted by atomic mass is 10.2. The number of benzene rings is 1. The monoisotopic (exact) mass is 254 g/mol. The SMILES string of the molecule is Oc1ccc(CBr)c(Cl)c1Cl. The number of aromatic hydroxyl groups is 1. The molecule has 1 aromatic carbocycles. The molecule has 0 aromatic heterocycles. The molecule has 0 heterocycles. The first-order chi connectivity index (χ1) is 5.16. The van der Waals surface area contributed by atoms with Gasteiger partial charge in [-0.15, -0.1) is 0 Å². The van der Waals surface area contributed by atoms with Gasteiger partial charge < -0.3 is 5.11 Å². The summed E-state index contributed by atoms with van der Waals surface area (Å²) in [6.07, 6.45) is 0. The smallest absolute Gasteiger partial charge is 0.135 e. The first-order valence-electron chi connectivity index (χ1n) is 2.88. The molecule has 0 saturated carbocycles. The molecule has 1 nitrogen and oxygen atoms in total. The Morgan fingerprint density at radius 1 is 1.27 bits per heavy atom. The van der Waals surface area contributed by atoms with Gasteiger partial charge >= 0.3 is 0 Å². The quantitative estimate of drug-likeness (QED) is 0.761. The van der Waals surface area contributed by atoms with Crippen molar-refractivity contribution >= 4 is 39.1 Å². The standard InChI is InChI=1S/C7H5BrCl2O/c8-3-4-1-2-5(11)7(10)6(4)9/h1-2,11H,3H2. The molecule has 0 spiro atoms. The van der Waals surface area contributed by atoms with Gasteiger partial charge in [0.2, 0.25) is 0 Å². The van der Waals surface area contributed by atoms with E-state index in [4.69, 9.17) is 28.3 Å². The van der Waals surface area contributed by atoms with E-state index in [2.05, 4.69) is 15.9 Å². The molecule has 0 atom stereocenters. The van der Waals surface area contributed by atoms with Crippen LogP contribution in [0.1, 0.15) is 5.56 Å². The number of phenolic OH excluding ortho intramolecular Hbond substituents is 1. The van der Waals surface area contributed by atoms with Crippen LogP contribution < -0.4 is 0 Å². The van der Waals surface area contributed by atoms with Gasteiger partial charge in [-0.25, -0.2) is 0 Å². The first kappa shape index (κ1) is 9.17. The molecule has 1 rings (SSSR count). The minimum absolute atomic E-state index is 0.0152. The number of halogens is 3. The normalized spacial score (nSPS) is 10.1. The van der Waals surface area contributed by atoms with Gasteiger partial charge in [0.1, 0.15) is 10.8 Å². The molecule has 11 heavy (non-hydrogen) atoms. The predicted octanol–water partition coefficient (Wildman–Crippen LogP) is 3.59. The van der Waals surface area contributed by atoms with Crippen LogP contribution >= 0.6 is 39.1 Å². The van der Waals surface area contributed by atoms with Crippen LogP contribution in [-0.4, -0.2) is 5.11 Å². The Kier molecular flexibility index (Phi) is 3.05. The van der Waals surface area contributed by atoms with E-state index in [9.17, 15) is 0 Å². The lowest BCUT2D eigenvalue weighted by molar-refractivity contribution is 0.475. The fourth-order valence-electron chi connectivity index (χ4n) is 0.682. The number of hydrogen-bond donors (Lipinski definition) is 1. The van der Waals surface area contributed by atoms with E-state index in [0.717, 1.165) is 5.56 Å². The van der Waals surface area contributed by atoms with E-state index in [0.29, 0.717) is 10.4 Å². The molecule has 0 amide bonds. The highest BCUT2D eigenvalue weighted by atomic mass is 79.9. The Morgan fingerprint density at radius 3 is 2.45 bits per heavy atom. The number of rotatable bonds is 1. The molecule has 60 valence electrons. The van der Waals surface area contributed by atoms with Crippen molar-refractivity contribution in [2.45, 2.75) is 5.33 Å². The zero-order valence-corrected chi connectivity index (χ0v) is 8.54. The summed E-state index contributed by atoms with van der Waals surface area (Å²) >= 11 is 14.7. The predicted molar refractivity (Wildman–Crippen MR) is 50.8 cm³/mol. The van der Waals surface area contributed by atoms with Crippen molar-refractivity contribution in [2.75, 3.05) is 0 Å². The van der Waals surface area contributed by atoms with Crippen molar-refractivity contribution in [3.05, 3.63) is 27.7 Å². The van der Waals surface area contributed by atoms with Gasteiger partial charge in [-0.2, -0.15) is 0 Å². The Morgan fingerprint density at radius 2 is 1.91 bits per heavy atom. The van der Waals surface area contributed by atoms with Crippen LogP contribution in [0.15, 0.2) is 12.1 Å². The third-order valence-electron chi connectivity index (χ3n) is 1.29. The van der Waals surface area contributed by atoms with E-state index < -0.39 is 0 Å². The molecular weight excluding hydrogens is 251 g/mol. The molecule has 0 fully saturated rings. The number of hydrogen-bond acceptors (Lipinski definition) is 1. The summed E-state index contributed by atoms with van der Waals surface area (Å²) in [5.41, 5.74) is 0.870. The maximum atomic E-state index is 9.09. The summed E-state index contributed by atoms with van der Waals surface area (Å²) in [4.78, 5) is 0. The third-order valence-corrected chi connectivity index (χ3v) is 2.80. The van der Waals surface area contributed by atoms with Gasteiger partial charge in [-0.3, -0.25) is 0 Å². The fraction of sp³-hybridized carbons (Fsp3) is 0.143. The minimum atomic E-state index is 0.0152. The molecule has 0 radical (unpaired) electrons. The molecule has 0 saturated heterocycles. The van der Waals surface area contributed by atoms with Gasteiger partial charge in [0.25, 0.3) is 0 Å². The van der Waals surface area contributed by atoms with Gasteiger partial charge in [0.05, 0.1) is 5.02 Å². The largest absolute Gasteiger partial charge is 0.506 e. The van der Waals surface area contributed by atoms with Crippen molar-refractivity contribution < 1.29 is 5.11 Å². The highest BCUT2D eigenvalue weighted by Gasteiger charge is 2.07. The van der Waals surface area contributed by atoms with Crippen molar-refractivity contribution in [3.63, 3.8) is 0 Å². The van der Waals surface area contributed by atoms with E-state index in [-0.39, 0.29) is 10.8 Å². The minimum Gasteiger partial charge on any atom is -0.506 e. The second kappa shape index (κ2) is 3.65. The van der Waals surface area contributed by atoms with Gasteiger partial charge in [-0.1, -0.05) is 45.2 Å². The average Bonchev–Trinajstić information content (AvgIpc) is 2.01. The first-order valence-corrected chi connectivity index (χ1v) is 4.76. The van der Waals surface area contributed by atoms with E-state index in [1.807, 2.05) is 0 Å². The highest BCUT2D eigenvalue weighted by molar-refractivity contribution is 9.08. The topological polar surface area (TPSA) is 20.2 Å². The number of alkyl halides is 1. The lowest BCUT2D eigenvalue weighted by Crippen LogP contribution is -1.80. The van der Waals surface area contributed by atoms with Crippen molar-refractivity contribution in [1.29, 1.82) is 0 Å². The maximum absolute atomic E-state index is 9.09. The molecule has 0 bridgehead atoms. The molecule has 0 unspecified atom stereocenters. The van der Waals surface area contributed by atoms with Crippen LogP contribution in [0.5, 0.6) is 5.75 Å². The van der Waals surface area contributed by atoms with Crippen molar-refractivity contribution in [3.8, 4) is 5.75 Å². The summed E-state index contributed by atoms with van der Waals surface area (Å²) < 4.78 is 0. The Bertz CT molecular complexity index is 275. The van der Waals surface area contributed by atoms with E-state index in [1.165, 1.54) is 6.07 Å². The van der Waals surface area contributed by atoms with Gasteiger partial charge in [-0.05, 0) is 11.6 Å². The summed E-state index contributed by atoms with van der Waals surface area (Å²) in [5.74, 6) is 0.0152. The van der Waals surface area contributed by atoms with Crippen LogP contribution in [0.25, 0.3) is 0 Å². The molecule has 1 aromatic rings. The van der Waals surface area contributed by atoms with Gasteiger partial charge in [0, 0.05) is 5.33 Å². The molecular formula is C7H5BrCl2O. The second-order valence-electron chi connectivity index (χ2n) is 2.01. The molecule has 0 aliphatic rings. The van der Waals surface area contributed by atoms with Crippen LogP contribution in [0, 0.1) is 0 Å². The van der Waals surface area contributed by atoms with Gasteiger partial charge in [0.15, 0.2) is 0 Å². The molecule has 4 heteroatoms. The van der Waals surface area contributed by atoms with E-state index in [1.54, 1.807) is 6.07 Å². The summed E-state index contributed by atoms with van der Waals surface area (Å²) in [7, 11) is 0. The second-order valence-corrected chi connectivity index (χ2v) is 3.32. The molecule has 0 aliphatic heterocycles. The maximum Gasteiger partial charge on any atom is 0.135 e. The highest BCUT2D eigenvalue weighted by Crippen LogP contribution is 2.34. The number of phenols is 1. The van der Waals surface area contributed by atoms with Crippen LogP contribution in [0.3, 0.4) is 0 Å². The summed E-state index contributed by atoms with van der Waals surface area (Å²) in [6.45, 7) is 0. The summed E-state index contributed by atoms with van der Waals surface area (Å²) in [5, 5.41) is 10.3. The van der Waals surface area contributed by atoms with Crippen LogP contribution in [0.2, 0.25) is 10.0 Å². The zero-order chi connectivity index (χ0) is 8.43. The third kappa shape index (κ3) is 1.81. The van der Waals surface area contributed by atoms with Crippen molar-refractivity contribution in [2.24, 2.45) is 0 Å². The van der Waals surface area contributed by atoms with Crippen molar-refractivity contribution in [1.82, 2.24) is 0 Å². The van der Waals surface area contributed by atoms with E-state index >= 15 is 0 Å². The van der Waals surface area contributed by atoms with Crippen LogP contribution in [0.4, 0.5) is 0 Å². The summed E-state index contributed by atoms with van der Waals surface area (Å²) in [6, 6.07) is 3.24. The Balaban J connectivity index is 3.25. The molecule has 0 aliphatic carbocycles. The lowest BCUT2D eigenvalue weighted by Gasteiger charge is -2.02. The molecule has 1 N–H and O–H groups in total.